The summed E-state index contributed by atoms with van der Waals surface area (Å²) in [5, 5.41) is 4.13. The molecule has 1 saturated heterocycles. The van der Waals surface area contributed by atoms with E-state index in [4.69, 9.17) is 17.3 Å². The van der Waals surface area contributed by atoms with Crippen LogP contribution >= 0.6 is 11.6 Å². The van der Waals surface area contributed by atoms with Crippen LogP contribution in [0.15, 0.2) is 48.8 Å². The van der Waals surface area contributed by atoms with Crippen LogP contribution in [0, 0.1) is 13.8 Å². The van der Waals surface area contributed by atoms with Crippen molar-refractivity contribution in [3.8, 4) is 0 Å². The van der Waals surface area contributed by atoms with Crippen LogP contribution in [0.3, 0.4) is 0 Å². The van der Waals surface area contributed by atoms with E-state index >= 15 is 0 Å². The number of hydrogen-bond acceptors (Lipinski definition) is 6. The van der Waals surface area contributed by atoms with E-state index in [2.05, 4.69) is 63.2 Å². The maximum Gasteiger partial charge on any atom is 0.159 e. The number of nitrogens with one attached hydrogen (secondary N) is 1. The van der Waals surface area contributed by atoms with Gasteiger partial charge in [-0.15, -0.1) is 0 Å². The van der Waals surface area contributed by atoms with Crippen LogP contribution in [0.4, 0.5) is 28.7 Å². The quantitative estimate of drug-likeness (QED) is 0.666. The van der Waals surface area contributed by atoms with Crippen LogP contribution in [0.2, 0.25) is 5.02 Å². The maximum absolute atomic E-state index is 6.46. The van der Waals surface area contributed by atoms with E-state index < -0.39 is 0 Å². The first-order chi connectivity index (χ1) is 14.0. The molecule has 4 rings (SSSR count). The van der Waals surface area contributed by atoms with Gasteiger partial charge in [-0.25, -0.2) is 9.97 Å². The van der Waals surface area contributed by atoms with Gasteiger partial charge in [0.2, 0.25) is 0 Å². The first-order valence-electron chi connectivity index (χ1n) is 9.71. The van der Waals surface area contributed by atoms with Crippen molar-refractivity contribution in [2.45, 2.75) is 13.8 Å². The fraction of sp³-hybridized carbons (Fsp3) is 0.273. The predicted octanol–water partition coefficient (Wildman–Crippen LogP) is 4.40. The zero-order valence-corrected chi connectivity index (χ0v) is 17.4. The molecule has 150 valence electrons. The molecular formula is C22H25ClN6. The standard InChI is InChI=1S/C22H25ClN6/c1-15-6-7-16(2)19(12-15)27-21-20(24)22(26-14-25-21)29-10-8-28(9-11-29)18-5-3-4-17(23)13-18/h3-7,12-14H,8-11,24H2,1-2H3,(H,25,26,27). The number of hydrogen-bond donors (Lipinski definition) is 2. The molecule has 0 amide bonds. The minimum Gasteiger partial charge on any atom is -0.393 e. The van der Waals surface area contributed by atoms with E-state index in [1.54, 1.807) is 6.33 Å². The Morgan fingerprint density at radius 1 is 0.966 bits per heavy atom. The monoisotopic (exact) mass is 408 g/mol. The SMILES string of the molecule is Cc1ccc(C)c(Nc2ncnc(N3CCN(c4cccc(Cl)c4)CC3)c2N)c1. The molecule has 3 N–H and O–H groups in total. The minimum atomic E-state index is 0.574. The van der Waals surface area contributed by atoms with Gasteiger partial charge < -0.3 is 20.9 Å². The summed E-state index contributed by atoms with van der Waals surface area (Å²) >= 11 is 6.14. The van der Waals surface area contributed by atoms with E-state index in [1.165, 1.54) is 5.56 Å². The molecule has 0 atom stereocenters. The highest BCUT2D eigenvalue weighted by atomic mass is 35.5. The predicted molar refractivity (Wildman–Crippen MR) is 122 cm³/mol. The highest BCUT2D eigenvalue weighted by molar-refractivity contribution is 6.30. The number of piperazine rings is 1. The number of halogens is 1. The Hall–Kier alpha value is -2.99. The zero-order chi connectivity index (χ0) is 20.4. The molecule has 2 aromatic carbocycles. The Kier molecular flexibility index (Phi) is 5.45. The molecule has 7 heteroatoms. The highest BCUT2D eigenvalue weighted by Crippen LogP contribution is 2.31. The Morgan fingerprint density at radius 2 is 1.72 bits per heavy atom. The van der Waals surface area contributed by atoms with Crippen molar-refractivity contribution in [2.24, 2.45) is 0 Å². The normalized spacial score (nSPS) is 14.2. The lowest BCUT2D eigenvalue weighted by Gasteiger charge is -2.37. The van der Waals surface area contributed by atoms with Crippen molar-refractivity contribution in [3.05, 3.63) is 64.9 Å². The van der Waals surface area contributed by atoms with Gasteiger partial charge in [0, 0.05) is 42.6 Å². The van der Waals surface area contributed by atoms with Crippen LogP contribution in [0.1, 0.15) is 11.1 Å². The van der Waals surface area contributed by atoms with E-state index in [0.717, 1.165) is 54.0 Å². The maximum atomic E-state index is 6.46. The number of anilines is 5. The third-order valence-electron chi connectivity index (χ3n) is 5.26. The van der Waals surface area contributed by atoms with Gasteiger partial charge in [0.1, 0.15) is 12.0 Å². The van der Waals surface area contributed by atoms with Crippen molar-refractivity contribution < 1.29 is 0 Å². The van der Waals surface area contributed by atoms with Crippen molar-refractivity contribution in [1.29, 1.82) is 0 Å². The number of aryl methyl sites for hydroxylation is 2. The summed E-state index contributed by atoms with van der Waals surface area (Å²) in [5.74, 6) is 1.42. The van der Waals surface area contributed by atoms with Gasteiger partial charge >= 0.3 is 0 Å². The Labute approximate surface area is 176 Å². The average molecular weight is 409 g/mol. The van der Waals surface area contributed by atoms with Crippen LogP contribution in [0.5, 0.6) is 0 Å². The third kappa shape index (κ3) is 4.22. The summed E-state index contributed by atoms with van der Waals surface area (Å²) in [7, 11) is 0. The van der Waals surface area contributed by atoms with Crippen molar-refractivity contribution in [3.63, 3.8) is 0 Å². The van der Waals surface area contributed by atoms with Crippen LogP contribution in [-0.4, -0.2) is 36.1 Å². The largest absolute Gasteiger partial charge is 0.393 e. The molecule has 0 aliphatic carbocycles. The lowest BCUT2D eigenvalue weighted by Crippen LogP contribution is -2.47. The Balaban J connectivity index is 1.50. The lowest BCUT2D eigenvalue weighted by atomic mass is 10.1. The van der Waals surface area contributed by atoms with Gasteiger partial charge in [0.05, 0.1) is 0 Å². The molecule has 1 aliphatic rings. The first kappa shape index (κ1) is 19.3. The number of nitrogens with two attached hydrogens (primary N) is 1. The second kappa shape index (κ2) is 8.17. The number of nitrogens with zero attached hydrogens (tertiary/aromatic N) is 4. The van der Waals surface area contributed by atoms with E-state index in [0.29, 0.717) is 11.5 Å². The number of rotatable bonds is 4. The fourth-order valence-electron chi connectivity index (χ4n) is 3.59. The molecule has 1 aliphatic heterocycles. The van der Waals surface area contributed by atoms with E-state index in [-0.39, 0.29) is 0 Å². The highest BCUT2D eigenvalue weighted by Gasteiger charge is 2.22. The number of benzene rings is 2. The summed E-state index contributed by atoms with van der Waals surface area (Å²) < 4.78 is 0. The summed E-state index contributed by atoms with van der Waals surface area (Å²) in [6.45, 7) is 7.55. The molecule has 0 radical (unpaired) electrons. The molecule has 0 spiro atoms. The van der Waals surface area contributed by atoms with Crippen molar-refractivity contribution >= 4 is 40.3 Å². The van der Waals surface area contributed by atoms with Crippen molar-refractivity contribution in [2.75, 3.05) is 47.0 Å². The number of nitrogen functional groups attached to an aromatic ring is 1. The second-order valence-corrected chi connectivity index (χ2v) is 7.79. The van der Waals surface area contributed by atoms with E-state index in [9.17, 15) is 0 Å². The molecule has 1 aromatic heterocycles. The van der Waals surface area contributed by atoms with Gasteiger partial charge in [-0.05, 0) is 49.2 Å². The summed E-state index contributed by atoms with van der Waals surface area (Å²) in [4.78, 5) is 13.4. The summed E-state index contributed by atoms with van der Waals surface area (Å²) in [6, 6.07) is 14.3. The summed E-state index contributed by atoms with van der Waals surface area (Å²) in [6.07, 6.45) is 1.57. The van der Waals surface area contributed by atoms with Crippen molar-refractivity contribution in [1.82, 2.24) is 9.97 Å². The lowest BCUT2D eigenvalue weighted by molar-refractivity contribution is 0.647. The molecule has 2 heterocycles. The zero-order valence-electron chi connectivity index (χ0n) is 16.7. The molecule has 6 nitrogen and oxygen atoms in total. The van der Waals surface area contributed by atoms with Crippen LogP contribution in [0.25, 0.3) is 0 Å². The third-order valence-corrected chi connectivity index (χ3v) is 5.50. The van der Waals surface area contributed by atoms with Crippen LogP contribution in [-0.2, 0) is 0 Å². The molecule has 3 aromatic rings. The van der Waals surface area contributed by atoms with Gasteiger partial charge in [-0.1, -0.05) is 29.8 Å². The number of aromatic nitrogens is 2. The molecular weight excluding hydrogens is 384 g/mol. The Morgan fingerprint density at radius 3 is 2.48 bits per heavy atom. The molecule has 1 fully saturated rings. The second-order valence-electron chi connectivity index (χ2n) is 7.36. The topological polar surface area (TPSA) is 70.3 Å². The molecule has 0 saturated carbocycles. The fourth-order valence-corrected chi connectivity index (χ4v) is 3.77. The first-order valence-corrected chi connectivity index (χ1v) is 10.1. The average Bonchev–Trinajstić information content (AvgIpc) is 2.72. The molecule has 0 unspecified atom stereocenters. The van der Waals surface area contributed by atoms with Gasteiger partial charge in [-0.2, -0.15) is 0 Å². The van der Waals surface area contributed by atoms with Crippen LogP contribution < -0.4 is 20.9 Å². The van der Waals surface area contributed by atoms with Gasteiger partial charge in [-0.3, -0.25) is 0 Å². The minimum absolute atomic E-state index is 0.574. The van der Waals surface area contributed by atoms with E-state index in [1.807, 2.05) is 18.2 Å². The summed E-state index contributed by atoms with van der Waals surface area (Å²) in [5.41, 5.74) is 11.5. The van der Waals surface area contributed by atoms with Gasteiger partial charge in [0.25, 0.3) is 0 Å². The Bertz CT molecular complexity index is 1010. The smallest absolute Gasteiger partial charge is 0.159 e. The molecule has 29 heavy (non-hydrogen) atoms. The van der Waals surface area contributed by atoms with Gasteiger partial charge in [0.15, 0.2) is 11.6 Å². The molecule has 0 bridgehead atoms.